The molecule has 2 aliphatic heterocycles. The van der Waals surface area contributed by atoms with E-state index in [1.165, 1.54) is 54.6 Å². The van der Waals surface area contributed by atoms with Gasteiger partial charge in [-0.1, -0.05) is 6.07 Å². The Morgan fingerprint density at radius 2 is 1.09 bits per heavy atom. The Morgan fingerprint density at radius 1 is 0.656 bits per heavy atom. The largest absolute Gasteiger partial charge is 0.618 e. The van der Waals surface area contributed by atoms with Gasteiger partial charge in [-0.2, -0.15) is 20.0 Å². The Morgan fingerprint density at radius 3 is 1.50 bits per heavy atom. The summed E-state index contributed by atoms with van der Waals surface area (Å²) in [5, 5.41) is 43.9. The zero-order chi connectivity index (χ0) is 22.6. The van der Waals surface area contributed by atoms with Crippen LogP contribution in [0.1, 0.15) is 43.0 Å². The van der Waals surface area contributed by atoms with E-state index in [1.54, 1.807) is 6.07 Å². The molecule has 0 aliphatic carbocycles. The van der Waals surface area contributed by atoms with Gasteiger partial charge in [0.05, 0.1) is 34.4 Å². The van der Waals surface area contributed by atoms with Crippen molar-refractivity contribution < 1.29 is 19.1 Å². The van der Waals surface area contributed by atoms with Crippen LogP contribution < -0.4 is 0 Å². The molecule has 3 aromatic carbocycles. The van der Waals surface area contributed by atoms with E-state index in [0.717, 1.165) is 0 Å². The van der Waals surface area contributed by atoms with Gasteiger partial charge in [-0.05, 0) is 42.5 Å². The fourth-order valence-corrected chi connectivity index (χ4v) is 3.91. The second-order valence-electron chi connectivity index (χ2n) is 7.21. The third-order valence-electron chi connectivity index (χ3n) is 5.43. The van der Waals surface area contributed by atoms with Gasteiger partial charge in [0, 0.05) is 12.1 Å². The molecule has 0 spiro atoms. The van der Waals surface area contributed by atoms with E-state index in [2.05, 4.69) is 0 Å². The van der Waals surface area contributed by atoms with Gasteiger partial charge >= 0.3 is 0 Å². The topological polar surface area (TPSA) is 134 Å². The van der Waals surface area contributed by atoms with Crippen LogP contribution in [0.15, 0.2) is 60.7 Å². The second-order valence-corrected chi connectivity index (χ2v) is 7.21. The average Bonchev–Trinajstić information content (AvgIpc) is 3.22. The van der Waals surface area contributed by atoms with Crippen molar-refractivity contribution in [2.75, 3.05) is 0 Å². The molecule has 2 aliphatic rings. The number of rotatable bonds is 2. The Kier molecular flexibility index (Phi) is 3.98. The minimum absolute atomic E-state index is 0.0703. The molecule has 32 heavy (non-hydrogen) atoms. The molecule has 0 aromatic heterocycles. The van der Waals surface area contributed by atoms with Crippen molar-refractivity contribution in [1.82, 2.24) is 0 Å². The highest BCUT2D eigenvalue weighted by molar-refractivity contribution is 6.54. The van der Waals surface area contributed by atoms with Crippen LogP contribution in [0.3, 0.4) is 0 Å². The number of carbonyl (C=O) groups excluding carboxylic acids is 2. The molecule has 0 radical (unpaired) electrons. The molecule has 0 saturated heterocycles. The van der Waals surface area contributed by atoms with Crippen molar-refractivity contribution in [3.8, 4) is 12.1 Å². The lowest BCUT2D eigenvalue weighted by atomic mass is 9.97. The van der Waals surface area contributed by atoms with Gasteiger partial charge in [0.2, 0.25) is 11.4 Å². The summed E-state index contributed by atoms with van der Waals surface area (Å²) in [7, 11) is 0. The fraction of sp³-hybridized carbons (Fsp3) is 0. The SMILES string of the molecule is N#Cc1ccc2c(c1)[N+]([O-])=C(c1cccc(C3=[N+]([O-])c4cc(C#N)ccc4C3=O)c1)C2=O. The van der Waals surface area contributed by atoms with Gasteiger partial charge in [0.15, 0.2) is 0 Å². The van der Waals surface area contributed by atoms with Crippen LogP contribution in [-0.4, -0.2) is 32.5 Å². The standard InChI is InChI=1S/C24H10N4O4/c25-11-13-4-6-17-19(8-13)27(31)21(23(17)29)15-2-1-3-16(10-15)22-24(30)18-7-5-14(12-26)9-20(18)28(22)32/h1-10H. The van der Waals surface area contributed by atoms with E-state index in [4.69, 9.17) is 10.5 Å². The molecule has 0 fully saturated rings. The summed E-state index contributed by atoms with van der Waals surface area (Å²) in [4.78, 5) is 25.8. The molecule has 0 saturated carbocycles. The Hall–Kier alpha value is -5.08. The first-order valence-corrected chi connectivity index (χ1v) is 9.41. The van der Waals surface area contributed by atoms with Gasteiger partial charge in [-0.3, -0.25) is 9.59 Å². The lowest BCUT2D eigenvalue weighted by Crippen LogP contribution is -2.20. The summed E-state index contributed by atoms with van der Waals surface area (Å²) in [6.45, 7) is 0. The number of benzene rings is 3. The molecule has 0 atom stereocenters. The zero-order valence-electron chi connectivity index (χ0n) is 16.2. The molecule has 8 nitrogen and oxygen atoms in total. The molecule has 5 rings (SSSR count). The van der Waals surface area contributed by atoms with Crippen LogP contribution in [0.4, 0.5) is 11.4 Å². The van der Waals surface area contributed by atoms with E-state index in [-0.39, 0.29) is 56.2 Å². The molecule has 0 bridgehead atoms. The summed E-state index contributed by atoms with van der Waals surface area (Å²) in [6, 6.07) is 18.4. The molecule has 8 heteroatoms. The van der Waals surface area contributed by atoms with Crippen LogP contribution in [0.2, 0.25) is 0 Å². The van der Waals surface area contributed by atoms with Crippen molar-refractivity contribution in [2.24, 2.45) is 0 Å². The predicted molar refractivity (Wildman–Crippen MR) is 112 cm³/mol. The van der Waals surface area contributed by atoms with Crippen molar-refractivity contribution in [3.63, 3.8) is 0 Å². The van der Waals surface area contributed by atoms with Crippen LogP contribution in [0.25, 0.3) is 0 Å². The summed E-state index contributed by atoms with van der Waals surface area (Å²) < 4.78 is 0.920. The normalized spacial score (nSPS) is 14.3. The summed E-state index contributed by atoms with van der Waals surface area (Å²) >= 11 is 0. The van der Waals surface area contributed by atoms with Gasteiger partial charge in [-0.25, -0.2) is 0 Å². The third-order valence-corrected chi connectivity index (χ3v) is 5.43. The van der Waals surface area contributed by atoms with E-state index in [9.17, 15) is 20.0 Å². The van der Waals surface area contributed by atoms with Crippen molar-refractivity contribution >= 4 is 34.4 Å². The summed E-state index contributed by atoms with van der Waals surface area (Å²) in [5.74, 6) is -1.03. The number of fused-ring (bicyclic) bond motifs is 2. The summed E-state index contributed by atoms with van der Waals surface area (Å²) in [6.07, 6.45) is 0. The van der Waals surface area contributed by atoms with Crippen molar-refractivity contribution in [1.29, 1.82) is 10.5 Å². The predicted octanol–water partition coefficient (Wildman–Crippen LogP) is 3.08. The number of carbonyl (C=O) groups is 2. The third kappa shape index (κ3) is 2.54. The Labute approximate surface area is 181 Å². The maximum atomic E-state index is 12.9. The first kappa shape index (κ1) is 18.9. The van der Waals surface area contributed by atoms with Crippen LogP contribution in [0.5, 0.6) is 0 Å². The smallest absolute Gasteiger partial charge is 0.272 e. The van der Waals surface area contributed by atoms with E-state index < -0.39 is 11.6 Å². The second kappa shape index (κ2) is 6.73. The van der Waals surface area contributed by atoms with Gasteiger partial charge in [-0.15, -0.1) is 0 Å². The first-order valence-electron chi connectivity index (χ1n) is 9.41. The van der Waals surface area contributed by atoms with Crippen molar-refractivity contribution in [3.05, 3.63) is 104 Å². The Balaban J connectivity index is 1.63. The highest BCUT2D eigenvalue weighted by Crippen LogP contribution is 2.31. The van der Waals surface area contributed by atoms with Crippen LogP contribution >= 0.6 is 0 Å². The number of nitriles is 2. The minimum atomic E-state index is -0.514. The lowest BCUT2D eigenvalue weighted by Gasteiger charge is -2.05. The van der Waals surface area contributed by atoms with Gasteiger partial charge < -0.3 is 10.4 Å². The maximum absolute atomic E-state index is 12.9. The van der Waals surface area contributed by atoms with E-state index in [1.807, 2.05) is 12.1 Å². The fourth-order valence-electron chi connectivity index (χ4n) is 3.91. The average molecular weight is 418 g/mol. The zero-order valence-corrected chi connectivity index (χ0v) is 16.2. The molecule has 0 amide bonds. The maximum Gasteiger partial charge on any atom is 0.272 e. The number of ketones is 2. The molecule has 0 unspecified atom stereocenters. The first-order chi connectivity index (χ1) is 15.4. The monoisotopic (exact) mass is 418 g/mol. The minimum Gasteiger partial charge on any atom is -0.618 e. The number of hydrogen-bond donors (Lipinski definition) is 0. The Bertz CT molecular complexity index is 1440. The van der Waals surface area contributed by atoms with Gasteiger partial charge in [0.1, 0.15) is 11.1 Å². The molecular formula is C24H10N4O4. The molecule has 0 N–H and O–H groups in total. The number of Topliss-reactive ketones (excluding diaryl/α,β-unsaturated/α-hetero) is 2. The van der Waals surface area contributed by atoms with Gasteiger partial charge in [0.25, 0.3) is 23.0 Å². The molecule has 2 heterocycles. The van der Waals surface area contributed by atoms with E-state index in [0.29, 0.717) is 9.48 Å². The quantitative estimate of drug-likeness (QED) is 0.464. The van der Waals surface area contributed by atoms with Crippen molar-refractivity contribution in [2.45, 2.75) is 0 Å². The van der Waals surface area contributed by atoms with E-state index >= 15 is 0 Å². The van der Waals surface area contributed by atoms with Crippen LogP contribution in [-0.2, 0) is 0 Å². The number of hydrogen-bond acceptors (Lipinski definition) is 6. The number of nitrogens with zero attached hydrogens (tertiary/aromatic N) is 4. The van der Waals surface area contributed by atoms with Crippen LogP contribution in [0, 0.1) is 33.1 Å². The molecule has 3 aromatic rings. The highest BCUT2D eigenvalue weighted by atomic mass is 16.5. The molecular weight excluding hydrogens is 408 g/mol. The molecule has 150 valence electrons. The summed E-state index contributed by atoms with van der Waals surface area (Å²) in [5.41, 5.74) is 1.12. The lowest BCUT2D eigenvalue weighted by molar-refractivity contribution is -0.355. The highest BCUT2D eigenvalue weighted by Gasteiger charge is 2.39.